The van der Waals surface area contributed by atoms with Crippen LogP contribution in [0.5, 0.6) is 0 Å². The number of carbonyl (C=O) groups is 3. The highest BCUT2D eigenvalue weighted by Gasteiger charge is 2.69. The third-order valence-electron chi connectivity index (χ3n) is 7.94. The third-order valence-corrected chi connectivity index (χ3v) is 10.5. The van der Waals surface area contributed by atoms with Gasteiger partial charge in [-0.25, -0.2) is 0 Å². The summed E-state index contributed by atoms with van der Waals surface area (Å²) in [6.45, 7) is 0.370. The summed E-state index contributed by atoms with van der Waals surface area (Å²) in [4.78, 5) is 54.9. The molecular formula is C23H24N2O6S2. The molecule has 0 radical (unpaired) electrons. The van der Waals surface area contributed by atoms with Crippen molar-refractivity contribution in [1.82, 2.24) is 9.88 Å². The Kier molecular flexibility index (Phi) is 5.06. The second-order valence-corrected chi connectivity index (χ2v) is 11.7. The Morgan fingerprint density at radius 3 is 2.67 bits per heavy atom. The van der Waals surface area contributed by atoms with Crippen molar-refractivity contribution in [3.8, 4) is 0 Å². The van der Waals surface area contributed by atoms with Crippen molar-refractivity contribution in [3.05, 3.63) is 38.7 Å². The zero-order chi connectivity index (χ0) is 22.9. The highest BCUT2D eigenvalue weighted by Crippen LogP contribution is 2.68. The van der Waals surface area contributed by atoms with Gasteiger partial charge in [-0.1, -0.05) is 17.8 Å². The lowest BCUT2D eigenvalue weighted by Crippen LogP contribution is -2.42. The number of fused-ring (bicyclic) bond motifs is 9. The normalized spacial score (nSPS) is 33.9. The molecule has 10 heteroatoms. The van der Waals surface area contributed by atoms with Crippen LogP contribution in [-0.2, 0) is 14.4 Å². The number of carboxylic acid groups (broad SMARTS) is 1. The molecule has 174 valence electrons. The molecular weight excluding hydrogens is 464 g/mol. The molecule has 2 saturated carbocycles. The minimum absolute atomic E-state index is 0.0612. The number of thiazole rings is 1. The topological polar surface area (TPSA) is 121 Å². The van der Waals surface area contributed by atoms with E-state index in [1.54, 1.807) is 18.0 Å². The van der Waals surface area contributed by atoms with Gasteiger partial charge in [0.15, 0.2) is 0 Å². The van der Waals surface area contributed by atoms with Crippen molar-refractivity contribution in [2.24, 2.45) is 29.6 Å². The number of unbranched alkanes of at least 4 members (excludes halogenated alkanes) is 2. The van der Waals surface area contributed by atoms with E-state index < -0.39 is 5.97 Å². The maximum Gasteiger partial charge on any atom is 0.305 e. The van der Waals surface area contributed by atoms with E-state index in [4.69, 9.17) is 9.52 Å². The van der Waals surface area contributed by atoms with Gasteiger partial charge in [-0.15, -0.1) is 11.8 Å². The van der Waals surface area contributed by atoms with Crippen LogP contribution < -0.4 is 4.87 Å². The van der Waals surface area contributed by atoms with E-state index in [-0.39, 0.29) is 63.9 Å². The van der Waals surface area contributed by atoms with Crippen LogP contribution in [0, 0.1) is 29.6 Å². The highest BCUT2D eigenvalue weighted by atomic mass is 32.2. The Morgan fingerprint density at radius 1 is 1.15 bits per heavy atom. The first kappa shape index (κ1) is 21.2. The number of hydrogen-bond donors (Lipinski definition) is 2. The van der Waals surface area contributed by atoms with Crippen molar-refractivity contribution in [3.63, 3.8) is 0 Å². The summed E-state index contributed by atoms with van der Waals surface area (Å²) in [6.07, 6.45) is 4.48. The average Bonchev–Trinajstić information content (AvgIpc) is 3.57. The number of carbonyl (C=O) groups excluding carboxylic acids is 2. The summed E-state index contributed by atoms with van der Waals surface area (Å²) in [6, 6.07) is 3.80. The average molecular weight is 489 g/mol. The number of aliphatic carboxylic acids is 1. The number of hydrogen-bond acceptors (Lipinski definition) is 7. The first-order valence-electron chi connectivity index (χ1n) is 11.5. The van der Waals surface area contributed by atoms with Crippen LogP contribution in [0.25, 0.3) is 0 Å². The number of H-pyrrole nitrogens is 1. The van der Waals surface area contributed by atoms with E-state index in [9.17, 15) is 19.2 Å². The predicted molar refractivity (Wildman–Crippen MR) is 120 cm³/mol. The van der Waals surface area contributed by atoms with Gasteiger partial charge < -0.3 is 14.5 Å². The molecule has 2 bridgehead atoms. The number of likely N-dealkylation sites (tertiary alicyclic amines) is 1. The lowest BCUT2D eigenvalue weighted by molar-refractivity contribution is -0.141. The molecule has 7 atom stereocenters. The standard InChI is InChI=1S/C23H24N2O6S2/c26-13(27)6-2-1-3-7-25-21(28)15-10-9-11(16(15)22(25)29)18-14(10)17(12-5-4-8-31-12)19-20(32-18)24-23(30)33-19/h4-5,8,10-11,14-18H,1-3,6-7,9H2,(H,24,30)(H,26,27)/t10-,11+,14-,15+,16+,17+,18-/m0/s1. The second-order valence-electron chi connectivity index (χ2n) is 9.51. The fraction of sp³-hybridized carbons (Fsp3) is 0.565. The lowest BCUT2D eigenvalue weighted by Gasteiger charge is -2.42. The largest absolute Gasteiger partial charge is 0.481 e. The number of aromatic nitrogens is 1. The molecule has 3 fully saturated rings. The number of imide groups is 1. The Bertz CT molecular complexity index is 1170. The molecule has 8 nitrogen and oxygen atoms in total. The van der Waals surface area contributed by atoms with Gasteiger partial charge in [-0.05, 0) is 49.1 Å². The molecule has 2 aliphatic heterocycles. The molecule has 0 unspecified atom stereocenters. The monoisotopic (exact) mass is 488 g/mol. The number of nitrogens with zero attached hydrogens (tertiary/aromatic N) is 1. The van der Waals surface area contributed by atoms with Gasteiger partial charge in [0.25, 0.3) is 0 Å². The molecule has 1 saturated heterocycles. The molecule has 2 aromatic heterocycles. The van der Waals surface area contributed by atoms with Gasteiger partial charge in [0, 0.05) is 18.2 Å². The number of amides is 2. The molecule has 0 spiro atoms. The van der Waals surface area contributed by atoms with Gasteiger partial charge in [0.1, 0.15) is 5.76 Å². The van der Waals surface area contributed by atoms with E-state index in [2.05, 4.69) is 4.98 Å². The van der Waals surface area contributed by atoms with Crippen LogP contribution in [-0.4, -0.2) is 44.6 Å². The fourth-order valence-corrected chi connectivity index (χ4v) is 9.68. The van der Waals surface area contributed by atoms with E-state index in [1.807, 2.05) is 12.1 Å². The van der Waals surface area contributed by atoms with Crippen LogP contribution in [0.4, 0.5) is 0 Å². The Hall–Kier alpha value is -2.33. The summed E-state index contributed by atoms with van der Waals surface area (Å²) in [7, 11) is 0. The second kappa shape index (κ2) is 7.87. The first-order chi connectivity index (χ1) is 16.0. The van der Waals surface area contributed by atoms with E-state index >= 15 is 0 Å². The van der Waals surface area contributed by atoms with Crippen molar-refractivity contribution in [2.45, 2.75) is 48.3 Å². The minimum atomic E-state index is -0.824. The minimum Gasteiger partial charge on any atom is -0.481 e. The number of carboxylic acids is 1. The Balaban J connectivity index is 1.27. The van der Waals surface area contributed by atoms with Gasteiger partial charge >= 0.3 is 10.8 Å². The molecule has 2 aromatic rings. The van der Waals surface area contributed by atoms with Crippen LogP contribution >= 0.6 is 23.1 Å². The zero-order valence-electron chi connectivity index (χ0n) is 17.8. The van der Waals surface area contributed by atoms with Crippen LogP contribution in [0.1, 0.15) is 48.7 Å². The number of thioether (sulfide) groups is 1. The van der Waals surface area contributed by atoms with Crippen LogP contribution in [0.3, 0.4) is 0 Å². The fourth-order valence-electron chi connectivity index (χ4n) is 6.81. The van der Waals surface area contributed by atoms with Gasteiger partial charge in [0.2, 0.25) is 11.8 Å². The van der Waals surface area contributed by atoms with Gasteiger partial charge in [-0.3, -0.25) is 24.1 Å². The maximum atomic E-state index is 13.4. The molecule has 4 heterocycles. The molecule has 2 aliphatic carbocycles. The number of rotatable bonds is 7. The molecule has 2 N–H and O–H groups in total. The summed E-state index contributed by atoms with van der Waals surface area (Å²) < 4.78 is 5.81. The van der Waals surface area contributed by atoms with E-state index in [0.29, 0.717) is 25.8 Å². The highest BCUT2D eigenvalue weighted by molar-refractivity contribution is 8.00. The summed E-state index contributed by atoms with van der Waals surface area (Å²) in [5.41, 5.74) is 0. The molecule has 33 heavy (non-hydrogen) atoms. The third kappa shape index (κ3) is 3.17. The number of aromatic amines is 1. The lowest BCUT2D eigenvalue weighted by atomic mass is 9.69. The quantitative estimate of drug-likeness (QED) is 0.454. The van der Waals surface area contributed by atoms with Crippen molar-refractivity contribution in [1.29, 1.82) is 0 Å². The van der Waals surface area contributed by atoms with Crippen molar-refractivity contribution < 1.29 is 23.9 Å². The SMILES string of the molecule is O=C(O)CCCCCN1C(=O)[C@@H]2[C@H]3C[C@@H]([C@@H]4Sc5[nH]c(=O)sc5[C@H](c5ccco5)[C@H]34)[C@H]2C1=O. The van der Waals surface area contributed by atoms with Crippen LogP contribution in [0.15, 0.2) is 32.6 Å². The number of furan rings is 1. The number of nitrogens with one attached hydrogen (secondary N) is 1. The molecule has 6 rings (SSSR count). The molecule has 0 aromatic carbocycles. The molecule has 4 aliphatic rings. The van der Waals surface area contributed by atoms with E-state index in [0.717, 1.165) is 22.1 Å². The van der Waals surface area contributed by atoms with Gasteiger partial charge in [-0.2, -0.15) is 0 Å². The summed E-state index contributed by atoms with van der Waals surface area (Å²) in [5.74, 6) is -0.429. The van der Waals surface area contributed by atoms with E-state index in [1.165, 1.54) is 16.2 Å². The smallest absolute Gasteiger partial charge is 0.305 e. The van der Waals surface area contributed by atoms with Crippen molar-refractivity contribution >= 4 is 40.9 Å². The Labute approximate surface area is 197 Å². The zero-order valence-corrected chi connectivity index (χ0v) is 19.4. The van der Waals surface area contributed by atoms with Crippen molar-refractivity contribution in [2.75, 3.05) is 6.54 Å². The van der Waals surface area contributed by atoms with Crippen LogP contribution in [0.2, 0.25) is 0 Å². The van der Waals surface area contributed by atoms with Gasteiger partial charge in [0.05, 0.1) is 33.9 Å². The Morgan fingerprint density at radius 2 is 1.94 bits per heavy atom. The summed E-state index contributed by atoms with van der Waals surface area (Å²) in [5, 5.41) is 9.83. The molecule has 2 amide bonds. The summed E-state index contributed by atoms with van der Waals surface area (Å²) >= 11 is 2.89. The maximum absolute atomic E-state index is 13.4. The first-order valence-corrected chi connectivity index (χ1v) is 13.2. The predicted octanol–water partition coefficient (Wildman–Crippen LogP) is 3.15.